The molecule has 0 saturated carbocycles. The van der Waals surface area contributed by atoms with Gasteiger partial charge in [0.2, 0.25) is 5.95 Å². The molecule has 4 N–H and O–H groups in total. The predicted molar refractivity (Wildman–Crippen MR) is 109 cm³/mol. The molecular formula is C19H13BF3N5O4. The van der Waals surface area contributed by atoms with Crippen LogP contribution in [0.2, 0.25) is 0 Å². The van der Waals surface area contributed by atoms with E-state index in [0.29, 0.717) is 5.56 Å². The van der Waals surface area contributed by atoms with Crippen molar-refractivity contribution in [1.82, 2.24) is 9.97 Å². The van der Waals surface area contributed by atoms with Crippen molar-refractivity contribution in [3.8, 4) is 23.1 Å². The number of nitrogens with one attached hydrogen (secondary N) is 2. The number of alkyl halides is 3. The third-order valence-electron chi connectivity index (χ3n) is 4.01. The molecule has 0 fully saturated rings. The van der Waals surface area contributed by atoms with E-state index >= 15 is 0 Å². The lowest BCUT2D eigenvalue weighted by Gasteiger charge is -2.12. The van der Waals surface area contributed by atoms with Crippen LogP contribution in [0.5, 0.6) is 5.75 Å². The minimum absolute atomic E-state index is 0.0843. The minimum atomic E-state index is -4.99. The molecule has 0 amide bonds. The molecule has 0 atom stereocenters. The van der Waals surface area contributed by atoms with Gasteiger partial charge in [-0.15, -0.1) is 13.2 Å². The Morgan fingerprint density at radius 1 is 1.22 bits per heavy atom. The second-order valence-electron chi connectivity index (χ2n) is 6.20. The second kappa shape index (κ2) is 9.33. The lowest BCUT2D eigenvalue weighted by Crippen LogP contribution is -2.30. The number of nitrogens with zero attached hydrogens (tertiary/aromatic N) is 3. The molecule has 0 aliphatic heterocycles. The van der Waals surface area contributed by atoms with Gasteiger partial charge in [-0.1, -0.05) is 36.4 Å². The summed E-state index contributed by atoms with van der Waals surface area (Å²) < 4.78 is 41.8. The monoisotopic (exact) mass is 443 g/mol. The van der Waals surface area contributed by atoms with E-state index in [-0.39, 0.29) is 28.2 Å². The Hall–Kier alpha value is -4.15. The van der Waals surface area contributed by atoms with Crippen LogP contribution in [0, 0.1) is 11.3 Å². The number of rotatable bonds is 6. The van der Waals surface area contributed by atoms with E-state index in [9.17, 15) is 33.3 Å². The average molecular weight is 443 g/mol. The Kier molecular flexibility index (Phi) is 6.57. The Bertz CT molecular complexity index is 1240. The third kappa shape index (κ3) is 5.51. The summed E-state index contributed by atoms with van der Waals surface area (Å²) in [4.78, 5) is 18.7. The van der Waals surface area contributed by atoms with Crippen molar-refractivity contribution in [3.05, 3.63) is 70.0 Å². The van der Waals surface area contributed by atoms with Crippen molar-refractivity contribution >= 4 is 24.7 Å². The zero-order chi connectivity index (χ0) is 23.3. The Morgan fingerprint density at radius 3 is 2.56 bits per heavy atom. The van der Waals surface area contributed by atoms with Crippen LogP contribution in [-0.2, 0) is 0 Å². The van der Waals surface area contributed by atoms with Gasteiger partial charge in [0.05, 0.1) is 11.9 Å². The maximum atomic E-state index is 12.6. The summed E-state index contributed by atoms with van der Waals surface area (Å²) in [5.41, 5.74) is 1.64. The molecule has 2 aromatic carbocycles. The average Bonchev–Trinajstić information content (AvgIpc) is 2.74. The highest BCUT2D eigenvalue weighted by atomic mass is 19.4. The minimum Gasteiger partial charge on any atom is -0.423 e. The zero-order valence-electron chi connectivity index (χ0n) is 16.0. The zero-order valence-corrected chi connectivity index (χ0v) is 16.0. The molecule has 3 aromatic rings. The summed E-state index contributed by atoms with van der Waals surface area (Å²) in [6.45, 7) is 0. The van der Waals surface area contributed by atoms with Gasteiger partial charge in [0.25, 0.3) is 5.56 Å². The van der Waals surface area contributed by atoms with E-state index in [1.54, 1.807) is 36.4 Å². The number of ether oxygens (including phenoxy) is 1. The molecule has 1 aromatic heterocycles. The van der Waals surface area contributed by atoms with Crippen molar-refractivity contribution in [2.45, 2.75) is 6.36 Å². The van der Waals surface area contributed by atoms with Gasteiger partial charge in [-0.05, 0) is 17.6 Å². The first-order valence-corrected chi connectivity index (χ1v) is 8.82. The van der Waals surface area contributed by atoms with Crippen molar-refractivity contribution < 1.29 is 28.0 Å². The first-order valence-electron chi connectivity index (χ1n) is 8.82. The van der Waals surface area contributed by atoms with Crippen LogP contribution in [0.4, 0.5) is 19.1 Å². The predicted octanol–water partition coefficient (Wildman–Crippen LogP) is 1.33. The van der Waals surface area contributed by atoms with Crippen LogP contribution in [0.3, 0.4) is 0 Å². The van der Waals surface area contributed by atoms with Crippen molar-refractivity contribution in [2.24, 2.45) is 5.10 Å². The molecule has 0 spiro atoms. The number of aromatic nitrogens is 2. The topological polar surface area (TPSA) is 144 Å². The molecule has 0 aliphatic carbocycles. The van der Waals surface area contributed by atoms with E-state index in [1.807, 2.05) is 0 Å². The third-order valence-corrected chi connectivity index (χ3v) is 4.01. The number of H-pyrrole nitrogens is 1. The van der Waals surface area contributed by atoms with Gasteiger partial charge in [-0.3, -0.25) is 9.78 Å². The molecule has 0 saturated heterocycles. The van der Waals surface area contributed by atoms with Gasteiger partial charge < -0.3 is 14.8 Å². The smallest absolute Gasteiger partial charge is 0.423 e. The van der Waals surface area contributed by atoms with E-state index < -0.39 is 24.8 Å². The number of halogens is 3. The van der Waals surface area contributed by atoms with E-state index in [2.05, 4.69) is 25.2 Å². The highest BCUT2D eigenvalue weighted by Crippen LogP contribution is 2.25. The summed E-state index contributed by atoms with van der Waals surface area (Å²) in [7, 11) is -1.93. The van der Waals surface area contributed by atoms with E-state index in [4.69, 9.17) is 0 Å². The first kappa shape index (κ1) is 22.5. The number of hydrogen-bond acceptors (Lipinski definition) is 8. The molecule has 0 radical (unpaired) electrons. The van der Waals surface area contributed by atoms with Gasteiger partial charge >= 0.3 is 13.5 Å². The molecule has 0 bridgehead atoms. The molecule has 13 heteroatoms. The number of anilines is 1. The van der Waals surface area contributed by atoms with Gasteiger partial charge in [0.15, 0.2) is 0 Å². The number of hydrogen-bond donors (Lipinski definition) is 4. The highest BCUT2D eigenvalue weighted by Gasteiger charge is 2.32. The SMILES string of the molecule is N#Cc1c(-c2ccccc2)nc(NN=Cc2cc(B(O)O)ccc2OC(F)(F)F)[nH]c1=O. The first-order chi connectivity index (χ1) is 15.2. The molecule has 0 aliphatic rings. The Morgan fingerprint density at radius 2 is 1.94 bits per heavy atom. The molecule has 3 rings (SSSR count). The number of aromatic amines is 1. The summed E-state index contributed by atoms with van der Waals surface area (Å²) in [5.74, 6) is -0.820. The molecule has 1 heterocycles. The van der Waals surface area contributed by atoms with Crippen molar-refractivity contribution in [2.75, 3.05) is 5.43 Å². The summed E-state index contributed by atoms with van der Waals surface area (Å²) in [6, 6.07) is 13.2. The van der Waals surface area contributed by atoms with Crippen molar-refractivity contribution in [1.29, 1.82) is 5.26 Å². The molecule has 9 nitrogen and oxygen atoms in total. The van der Waals surface area contributed by atoms with Crippen molar-refractivity contribution in [3.63, 3.8) is 0 Å². The van der Waals surface area contributed by atoms with Crippen LogP contribution in [0.25, 0.3) is 11.3 Å². The normalized spacial score (nSPS) is 11.2. The largest absolute Gasteiger partial charge is 0.573 e. The number of benzene rings is 2. The fraction of sp³-hybridized carbons (Fsp3) is 0.0526. The molecule has 0 unspecified atom stereocenters. The maximum absolute atomic E-state index is 12.6. The van der Waals surface area contributed by atoms with E-state index in [1.165, 1.54) is 0 Å². The van der Waals surface area contributed by atoms with Gasteiger partial charge in [-0.2, -0.15) is 10.4 Å². The van der Waals surface area contributed by atoms with Gasteiger partial charge in [0, 0.05) is 11.1 Å². The standard InChI is InChI=1S/C19H13BF3N5O4/c21-19(22,23)32-15-7-6-13(20(30)31)8-12(15)10-25-28-18-26-16(11-4-2-1-3-5-11)14(9-24)17(29)27-18/h1-8,10,30-31H,(H2,26,27,28,29). The van der Waals surface area contributed by atoms with Crippen LogP contribution in [-0.4, -0.2) is 39.7 Å². The van der Waals surface area contributed by atoms with Gasteiger partial charge in [-0.25, -0.2) is 10.4 Å². The lowest BCUT2D eigenvalue weighted by atomic mass is 9.79. The van der Waals surface area contributed by atoms with Crippen LogP contribution < -0.4 is 21.2 Å². The second-order valence-corrected chi connectivity index (χ2v) is 6.20. The van der Waals surface area contributed by atoms with E-state index in [0.717, 1.165) is 24.4 Å². The Labute approximate surface area is 178 Å². The molecular weight excluding hydrogens is 430 g/mol. The highest BCUT2D eigenvalue weighted by molar-refractivity contribution is 6.58. The number of nitriles is 1. The van der Waals surface area contributed by atoms with Gasteiger partial charge in [0.1, 0.15) is 17.4 Å². The Balaban J connectivity index is 1.94. The fourth-order valence-corrected chi connectivity index (χ4v) is 2.64. The van der Waals surface area contributed by atoms with Crippen LogP contribution in [0.15, 0.2) is 58.4 Å². The summed E-state index contributed by atoms with van der Waals surface area (Å²) in [6.07, 6.45) is -4.08. The quantitative estimate of drug-likeness (QED) is 0.256. The van der Waals surface area contributed by atoms with Crippen LogP contribution >= 0.6 is 0 Å². The lowest BCUT2D eigenvalue weighted by molar-refractivity contribution is -0.274. The molecule has 32 heavy (non-hydrogen) atoms. The molecule has 162 valence electrons. The number of hydrazone groups is 1. The summed E-state index contributed by atoms with van der Waals surface area (Å²) in [5, 5.41) is 31.5. The summed E-state index contributed by atoms with van der Waals surface area (Å²) >= 11 is 0. The van der Waals surface area contributed by atoms with Crippen LogP contribution in [0.1, 0.15) is 11.1 Å². The maximum Gasteiger partial charge on any atom is 0.573 e. The fourth-order valence-electron chi connectivity index (χ4n) is 2.64.